The summed E-state index contributed by atoms with van der Waals surface area (Å²) in [6, 6.07) is 19.2. The number of carbonyl (C=O) groups is 1. The average molecular weight is 428 g/mol. The standard InChI is InChI=1S/C22H22ClN3O2S/c1-15(8-9-16-10-12-17(28-2)13-11-16)24-21(27)19-14-20(23)25-26-22(19)29-18-6-4-3-5-7-18/h3-7,10-15H,8-9H2,1-2H3,(H,24,27). The Balaban J connectivity index is 1.63. The van der Waals surface area contributed by atoms with Crippen molar-refractivity contribution in [1.29, 1.82) is 0 Å². The van der Waals surface area contributed by atoms with Gasteiger partial charge in [0, 0.05) is 10.9 Å². The molecule has 5 nitrogen and oxygen atoms in total. The summed E-state index contributed by atoms with van der Waals surface area (Å²) in [5.74, 6) is 0.628. The van der Waals surface area contributed by atoms with Crippen LogP contribution in [0.1, 0.15) is 29.3 Å². The van der Waals surface area contributed by atoms with Gasteiger partial charge in [0.25, 0.3) is 5.91 Å². The van der Waals surface area contributed by atoms with Crippen molar-refractivity contribution in [2.24, 2.45) is 0 Å². The molecule has 3 rings (SSSR count). The Morgan fingerprint density at radius 3 is 2.55 bits per heavy atom. The van der Waals surface area contributed by atoms with Crippen molar-refractivity contribution in [2.75, 3.05) is 7.11 Å². The number of nitrogens with one attached hydrogen (secondary N) is 1. The minimum Gasteiger partial charge on any atom is -0.497 e. The second-order valence-corrected chi connectivity index (χ2v) is 8.01. The van der Waals surface area contributed by atoms with Gasteiger partial charge in [0.05, 0.1) is 12.7 Å². The van der Waals surface area contributed by atoms with Crippen molar-refractivity contribution in [3.63, 3.8) is 0 Å². The first kappa shape index (κ1) is 21.1. The number of benzene rings is 2. The summed E-state index contributed by atoms with van der Waals surface area (Å²) in [5.41, 5.74) is 1.62. The van der Waals surface area contributed by atoms with Crippen LogP contribution in [0.4, 0.5) is 0 Å². The molecule has 1 aromatic heterocycles. The highest BCUT2D eigenvalue weighted by Crippen LogP contribution is 2.29. The summed E-state index contributed by atoms with van der Waals surface area (Å²) in [6.07, 6.45) is 1.66. The highest BCUT2D eigenvalue weighted by Gasteiger charge is 2.17. The summed E-state index contributed by atoms with van der Waals surface area (Å²) >= 11 is 7.38. The van der Waals surface area contributed by atoms with Gasteiger partial charge in [-0.05, 0) is 55.7 Å². The van der Waals surface area contributed by atoms with E-state index in [1.54, 1.807) is 13.2 Å². The zero-order valence-corrected chi connectivity index (χ0v) is 17.8. The molecule has 0 aliphatic carbocycles. The van der Waals surface area contributed by atoms with Crippen LogP contribution in [-0.2, 0) is 6.42 Å². The van der Waals surface area contributed by atoms with E-state index in [1.165, 1.54) is 17.3 Å². The average Bonchev–Trinajstić information content (AvgIpc) is 2.74. The molecule has 0 aliphatic rings. The van der Waals surface area contributed by atoms with Crippen LogP contribution >= 0.6 is 23.4 Å². The van der Waals surface area contributed by atoms with Crippen LogP contribution in [0.25, 0.3) is 0 Å². The first-order valence-electron chi connectivity index (χ1n) is 9.25. The molecule has 2 aromatic carbocycles. The summed E-state index contributed by atoms with van der Waals surface area (Å²) in [4.78, 5) is 13.8. The summed E-state index contributed by atoms with van der Waals surface area (Å²) < 4.78 is 5.18. The normalized spacial score (nSPS) is 11.7. The van der Waals surface area contributed by atoms with E-state index in [1.807, 2.05) is 61.5 Å². The van der Waals surface area contributed by atoms with Gasteiger partial charge in [-0.3, -0.25) is 4.79 Å². The number of methoxy groups -OCH3 is 1. The number of nitrogens with zero attached hydrogens (tertiary/aromatic N) is 2. The molecule has 0 radical (unpaired) electrons. The molecule has 0 saturated carbocycles. The Labute approximate surface area is 179 Å². The Bertz CT molecular complexity index is 952. The number of aromatic nitrogens is 2. The lowest BCUT2D eigenvalue weighted by Gasteiger charge is -2.15. The van der Waals surface area contributed by atoms with Crippen molar-refractivity contribution in [3.8, 4) is 5.75 Å². The summed E-state index contributed by atoms with van der Waals surface area (Å²) in [7, 11) is 1.65. The summed E-state index contributed by atoms with van der Waals surface area (Å²) in [5, 5.41) is 11.8. The predicted octanol–water partition coefficient (Wildman–Crippen LogP) is 5.04. The first-order valence-corrected chi connectivity index (χ1v) is 10.4. The highest BCUT2D eigenvalue weighted by atomic mass is 35.5. The second-order valence-electron chi connectivity index (χ2n) is 6.56. The van der Waals surface area contributed by atoms with E-state index in [2.05, 4.69) is 15.5 Å². The molecule has 0 saturated heterocycles. The fourth-order valence-corrected chi connectivity index (χ4v) is 3.75. The minimum atomic E-state index is -0.206. The van der Waals surface area contributed by atoms with Gasteiger partial charge in [-0.1, -0.05) is 53.7 Å². The third-order valence-corrected chi connectivity index (χ3v) is 5.52. The maximum atomic E-state index is 12.8. The molecule has 0 fully saturated rings. The predicted molar refractivity (Wildman–Crippen MR) is 116 cm³/mol. The van der Waals surface area contributed by atoms with Gasteiger partial charge in [-0.25, -0.2) is 0 Å². The molecule has 0 spiro atoms. The van der Waals surface area contributed by atoms with E-state index >= 15 is 0 Å². The highest BCUT2D eigenvalue weighted by molar-refractivity contribution is 7.99. The van der Waals surface area contributed by atoms with E-state index in [4.69, 9.17) is 16.3 Å². The van der Waals surface area contributed by atoms with E-state index in [0.717, 1.165) is 23.5 Å². The summed E-state index contributed by atoms with van der Waals surface area (Å²) in [6.45, 7) is 1.99. The molecular weight excluding hydrogens is 406 g/mol. The lowest BCUT2D eigenvalue weighted by Crippen LogP contribution is -2.33. The third kappa shape index (κ3) is 6.21. The number of hydrogen-bond acceptors (Lipinski definition) is 5. The number of halogens is 1. The Kier molecular flexibility index (Phi) is 7.49. The van der Waals surface area contributed by atoms with Crippen molar-refractivity contribution < 1.29 is 9.53 Å². The van der Waals surface area contributed by atoms with Gasteiger partial charge in [0.2, 0.25) is 0 Å². The Morgan fingerprint density at radius 1 is 1.14 bits per heavy atom. The molecule has 1 amide bonds. The van der Waals surface area contributed by atoms with Gasteiger partial charge in [-0.2, -0.15) is 0 Å². The minimum absolute atomic E-state index is 0.00822. The molecule has 1 N–H and O–H groups in total. The van der Waals surface area contributed by atoms with Crippen LogP contribution in [0.3, 0.4) is 0 Å². The fourth-order valence-electron chi connectivity index (χ4n) is 2.74. The Morgan fingerprint density at radius 2 is 1.86 bits per heavy atom. The molecule has 7 heteroatoms. The molecule has 1 atom stereocenters. The zero-order valence-electron chi connectivity index (χ0n) is 16.3. The van der Waals surface area contributed by atoms with Gasteiger partial charge in [0.1, 0.15) is 10.8 Å². The third-order valence-electron chi connectivity index (χ3n) is 4.34. The lowest BCUT2D eigenvalue weighted by molar-refractivity contribution is 0.0934. The quantitative estimate of drug-likeness (QED) is 0.545. The second kappa shape index (κ2) is 10.3. The van der Waals surface area contributed by atoms with Gasteiger partial charge in [0.15, 0.2) is 5.15 Å². The number of amides is 1. The number of hydrogen-bond donors (Lipinski definition) is 1. The van der Waals surface area contributed by atoms with Crippen LogP contribution in [0, 0.1) is 0 Å². The molecule has 29 heavy (non-hydrogen) atoms. The number of rotatable bonds is 8. The number of carbonyl (C=O) groups excluding carboxylic acids is 1. The van der Waals surface area contributed by atoms with E-state index in [9.17, 15) is 4.79 Å². The number of ether oxygens (including phenoxy) is 1. The molecule has 0 bridgehead atoms. The van der Waals surface area contributed by atoms with Gasteiger partial charge in [-0.15, -0.1) is 10.2 Å². The van der Waals surface area contributed by atoms with Crippen LogP contribution in [0.5, 0.6) is 5.75 Å². The smallest absolute Gasteiger partial charge is 0.254 e. The van der Waals surface area contributed by atoms with E-state index in [-0.39, 0.29) is 17.1 Å². The van der Waals surface area contributed by atoms with Crippen LogP contribution < -0.4 is 10.1 Å². The topological polar surface area (TPSA) is 64.1 Å². The van der Waals surface area contributed by atoms with Crippen LogP contribution in [-0.4, -0.2) is 29.3 Å². The SMILES string of the molecule is COc1ccc(CCC(C)NC(=O)c2cc(Cl)nnc2Sc2ccccc2)cc1. The van der Waals surface area contributed by atoms with Crippen molar-refractivity contribution in [1.82, 2.24) is 15.5 Å². The Hall–Kier alpha value is -2.57. The largest absolute Gasteiger partial charge is 0.497 e. The molecule has 1 unspecified atom stereocenters. The maximum Gasteiger partial charge on any atom is 0.254 e. The van der Waals surface area contributed by atoms with Gasteiger partial charge < -0.3 is 10.1 Å². The van der Waals surface area contributed by atoms with Crippen LogP contribution in [0.15, 0.2) is 70.6 Å². The molecule has 150 valence electrons. The lowest BCUT2D eigenvalue weighted by atomic mass is 10.1. The zero-order chi connectivity index (χ0) is 20.6. The fraction of sp³-hybridized carbons (Fsp3) is 0.227. The first-order chi connectivity index (χ1) is 14.0. The van der Waals surface area contributed by atoms with Crippen LogP contribution in [0.2, 0.25) is 5.15 Å². The van der Waals surface area contributed by atoms with E-state index < -0.39 is 0 Å². The molecule has 1 heterocycles. The van der Waals surface area contributed by atoms with E-state index in [0.29, 0.717) is 10.6 Å². The maximum absolute atomic E-state index is 12.8. The monoisotopic (exact) mass is 427 g/mol. The molecule has 3 aromatic rings. The molecular formula is C22H22ClN3O2S. The number of aryl methyl sites for hydroxylation is 1. The van der Waals surface area contributed by atoms with Gasteiger partial charge >= 0.3 is 0 Å². The van der Waals surface area contributed by atoms with Crippen molar-refractivity contribution >= 4 is 29.3 Å². The van der Waals surface area contributed by atoms with Crippen molar-refractivity contribution in [3.05, 3.63) is 76.9 Å². The molecule has 0 aliphatic heterocycles. The van der Waals surface area contributed by atoms with Crippen molar-refractivity contribution in [2.45, 2.75) is 35.7 Å².